The van der Waals surface area contributed by atoms with Crippen LogP contribution in [0.15, 0.2) is 0 Å². The fraction of sp³-hybridized carbons (Fsp3) is 0.833. The monoisotopic (exact) mass is 208 g/mol. The van der Waals surface area contributed by atoms with Crippen LogP contribution < -0.4 is 0 Å². The molecule has 0 radical (unpaired) electrons. The summed E-state index contributed by atoms with van der Waals surface area (Å²) in [5.74, 6) is -0.00530. The normalized spacial score (nSPS) is 24.3. The van der Waals surface area contributed by atoms with Crippen LogP contribution in [-0.4, -0.2) is 22.9 Å². The van der Waals surface area contributed by atoms with Crippen molar-refractivity contribution in [3.05, 3.63) is 0 Å². The number of hydrogen-bond donors (Lipinski definition) is 0. The van der Waals surface area contributed by atoms with Crippen LogP contribution in [0.1, 0.15) is 46.5 Å². The second kappa shape index (κ2) is 4.65. The summed E-state index contributed by atoms with van der Waals surface area (Å²) in [5, 5.41) is 8.98. The van der Waals surface area contributed by atoms with Gasteiger partial charge in [-0.25, -0.2) is 0 Å². The van der Waals surface area contributed by atoms with Gasteiger partial charge in [-0.3, -0.25) is 4.79 Å². The van der Waals surface area contributed by atoms with Crippen molar-refractivity contribution in [1.82, 2.24) is 4.90 Å². The lowest BCUT2D eigenvalue weighted by Crippen LogP contribution is -2.44. The molecule has 0 spiro atoms. The highest BCUT2D eigenvalue weighted by atomic mass is 16.2. The Morgan fingerprint density at radius 3 is 2.67 bits per heavy atom. The molecule has 1 saturated heterocycles. The molecule has 1 heterocycles. The Morgan fingerprint density at radius 2 is 2.20 bits per heavy atom. The minimum atomic E-state index is -0.278. The Labute approximate surface area is 92.1 Å². The van der Waals surface area contributed by atoms with Crippen molar-refractivity contribution in [2.24, 2.45) is 5.92 Å². The maximum Gasteiger partial charge on any atom is 0.224 e. The van der Waals surface area contributed by atoms with Crippen LogP contribution >= 0.6 is 0 Å². The summed E-state index contributed by atoms with van der Waals surface area (Å²) >= 11 is 0. The Kier molecular flexibility index (Phi) is 3.73. The first-order valence-corrected chi connectivity index (χ1v) is 5.74. The summed E-state index contributed by atoms with van der Waals surface area (Å²) in [7, 11) is 0. The molecule has 0 bridgehead atoms. The highest BCUT2D eigenvalue weighted by molar-refractivity contribution is 5.80. The molecule has 15 heavy (non-hydrogen) atoms. The highest BCUT2D eigenvalue weighted by Crippen LogP contribution is 2.35. The molecule has 3 heteroatoms. The van der Waals surface area contributed by atoms with Crippen LogP contribution in [0.3, 0.4) is 0 Å². The van der Waals surface area contributed by atoms with Gasteiger partial charge in [0.1, 0.15) is 0 Å². The summed E-state index contributed by atoms with van der Waals surface area (Å²) in [4.78, 5) is 13.6. The number of rotatable bonds is 4. The smallest absolute Gasteiger partial charge is 0.224 e. The standard InChI is InChI=1S/C12H20N2O/c1-4-5-6-7-14-11(15)8-10(9-13)12(14,2)3/h10H,4-8H2,1-3H3. The van der Waals surface area contributed by atoms with Crippen molar-refractivity contribution >= 4 is 5.91 Å². The van der Waals surface area contributed by atoms with E-state index in [0.29, 0.717) is 6.42 Å². The lowest BCUT2D eigenvalue weighted by molar-refractivity contribution is -0.130. The van der Waals surface area contributed by atoms with Gasteiger partial charge in [0, 0.05) is 13.0 Å². The number of nitriles is 1. The molecule has 1 rings (SSSR count). The molecule has 1 amide bonds. The van der Waals surface area contributed by atoms with E-state index < -0.39 is 0 Å². The molecule has 1 aliphatic rings. The molecule has 84 valence electrons. The number of hydrogen-bond acceptors (Lipinski definition) is 2. The number of carbonyl (C=O) groups excluding carboxylic acids is 1. The molecule has 0 N–H and O–H groups in total. The van der Waals surface area contributed by atoms with Crippen molar-refractivity contribution in [3.63, 3.8) is 0 Å². The Bertz CT molecular complexity index is 278. The van der Waals surface area contributed by atoms with Crippen LogP contribution in [0.4, 0.5) is 0 Å². The van der Waals surface area contributed by atoms with E-state index >= 15 is 0 Å². The summed E-state index contributed by atoms with van der Waals surface area (Å²) in [6.45, 7) is 6.95. The van der Waals surface area contributed by atoms with Crippen LogP contribution in [0, 0.1) is 17.2 Å². The number of nitrogens with zero attached hydrogens (tertiary/aromatic N) is 2. The minimum absolute atomic E-state index is 0.141. The third kappa shape index (κ3) is 2.31. The van der Waals surface area contributed by atoms with Crippen molar-refractivity contribution in [2.45, 2.75) is 52.0 Å². The van der Waals surface area contributed by atoms with Gasteiger partial charge in [0.15, 0.2) is 0 Å². The van der Waals surface area contributed by atoms with E-state index in [1.807, 2.05) is 18.7 Å². The van der Waals surface area contributed by atoms with Gasteiger partial charge in [0.25, 0.3) is 0 Å². The largest absolute Gasteiger partial charge is 0.336 e. The second-order valence-electron chi connectivity index (χ2n) is 4.79. The van der Waals surface area contributed by atoms with Gasteiger partial charge < -0.3 is 4.90 Å². The zero-order valence-electron chi connectivity index (χ0n) is 9.92. The predicted molar refractivity (Wildman–Crippen MR) is 59.0 cm³/mol. The molecule has 1 fully saturated rings. The summed E-state index contributed by atoms with van der Waals surface area (Å²) < 4.78 is 0. The third-order valence-corrected chi connectivity index (χ3v) is 3.37. The first-order chi connectivity index (χ1) is 7.04. The zero-order valence-corrected chi connectivity index (χ0v) is 9.92. The molecule has 0 saturated carbocycles. The molecule has 0 aromatic carbocycles. The summed E-state index contributed by atoms with van der Waals surface area (Å²) in [5.41, 5.74) is -0.278. The van der Waals surface area contributed by atoms with Gasteiger partial charge in [0.05, 0.1) is 17.5 Å². The van der Waals surface area contributed by atoms with Crippen molar-refractivity contribution < 1.29 is 4.79 Å². The fourth-order valence-corrected chi connectivity index (χ4v) is 2.18. The summed E-state index contributed by atoms with van der Waals surface area (Å²) in [6, 6.07) is 2.24. The number of likely N-dealkylation sites (tertiary alicyclic amines) is 1. The van der Waals surface area contributed by atoms with Crippen LogP contribution in [-0.2, 0) is 4.79 Å². The SMILES string of the molecule is CCCCCN1C(=O)CC(C#N)C1(C)C. The van der Waals surface area contributed by atoms with E-state index in [1.54, 1.807) is 0 Å². The quantitative estimate of drug-likeness (QED) is 0.665. The maximum atomic E-state index is 11.7. The van der Waals surface area contributed by atoms with Crippen molar-refractivity contribution in [1.29, 1.82) is 5.26 Å². The molecule has 1 aliphatic heterocycles. The molecule has 1 unspecified atom stereocenters. The van der Waals surface area contributed by atoms with E-state index in [-0.39, 0.29) is 17.4 Å². The number of amides is 1. The fourth-order valence-electron chi connectivity index (χ4n) is 2.18. The molecule has 0 aromatic rings. The average molecular weight is 208 g/mol. The molecular formula is C12H20N2O. The van der Waals surface area contributed by atoms with Gasteiger partial charge in [-0.15, -0.1) is 0 Å². The lowest BCUT2D eigenvalue weighted by Gasteiger charge is -2.33. The van der Waals surface area contributed by atoms with E-state index in [9.17, 15) is 4.79 Å². The van der Waals surface area contributed by atoms with Crippen LogP contribution in [0.2, 0.25) is 0 Å². The van der Waals surface area contributed by atoms with Gasteiger partial charge in [-0.1, -0.05) is 19.8 Å². The average Bonchev–Trinajstić information content (AvgIpc) is 2.40. The van der Waals surface area contributed by atoms with Gasteiger partial charge >= 0.3 is 0 Å². The van der Waals surface area contributed by atoms with Crippen LogP contribution in [0.5, 0.6) is 0 Å². The topological polar surface area (TPSA) is 44.1 Å². The van der Waals surface area contributed by atoms with Crippen molar-refractivity contribution in [2.75, 3.05) is 6.54 Å². The van der Waals surface area contributed by atoms with E-state index in [1.165, 1.54) is 0 Å². The predicted octanol–water partition coefficient (Wildman–Crippen LogP) is 2.33. The maximum absolute atomic E-state index is 11.7. The first kappa shape index (κ1) is 12.0. The molecule has 3 nitrogen and oxygen atoms in total. The van der Waals surface area contributed by atoms with Gasteiger partial charge in [-0.05, 0) is 20.3 Å². The Morgan fingerprint density at radius 1 is 1.53 bits per heavy atom. The van der Waals surface area contributed by atoms with Crippen molar-refractivity contribution in [3.8, 4) is 6.07 Å². The lowest BCUT2D eigenvalue weighted by atomic mass is 9.90. The zero-order chi connectivity index (χ0) is 11.5. The van der Waals surface area contributed by atoms with Gasteiger partial charge in [-0.2, -0.15) is 5.26 Å². The molecular weight excluding hydrogens is 188 g/mol. The van der Waals surface area contributed by atoms with E-state index in [2.05, 4.69) is 13.0 Å². The Hall–Kier alpha value is -1.04. The number of unbranched alkanes of at least 4 members (excludes halogenated alkanes) is 2. The molecule has 0 aromatic heterocycles. The molecule has 0 aliphatic carbocycles. The van der Waals surface area contributed by atoms with Crippen LogP contribution in [0.25, 0.3) is 0 Å². The molecule has 1 atom stereocenters. The summed E-state index contributed by atoms with van der Waals surface area (Å²) in [6.07, 6.45) is 3.75. The van der Waals surface area contributed by atoms with E-state index in [4.69, 9.17) is 5.26 Å². The third-order valence-electron chi connectivity index (χ3n) is 3.37. The second-order valence-corrected chi connectivity index (χ2v) is 4.79. The van der Waals surface area contributed by atoms with Gasteiger partial charge in [0.2, 0.25) is 5.91 Å². The minimum Gasteiger partial charge on any atom is -0.336 e. The highest BCUT2D eigenvalue weighted by Gasteiger charge is 2.45. The number of carbonyl (C=O) groups is 1. The Balaban J connectivity index is 2.63. The first-order valence-electron chi connectivity index (χ1n) is 5.74. The van der Waals surface area contributed by atoms with E-state index in [0.717, 1.165) is 25.8 Å².